The number of esters is 1. The van der Waals surface area contributed by atoms with Crippen LogP contribution in [0.1, 0.15) is 32.3 Å². The number of amides is 3. The van der Waals surface area contributed by atoms with Gasteiger partial charge in [-0.25, -0.2) is 9.18 Å². The number of aryl methyl sites for hydroxylation is 1. The minimum Gasteiger partial charge on any atom is -0.451 e. The topological polar surface area (TPSA) is 92.8 Å². The first-order valence-electron chi connectivity index (χ1n) is 9.50. The molecule has 1 aliphatic carbocycles. The van der Waals surface area contributed by atoms with Crippen LogP contribution in [0.3, 0.4) is 0 Å². The highest BCUT2D eigenvalue weighted by atomic mass is 19.1. The molecule has 1 heterocycles. The number of allylic oxidation sites excluding steroid dienone is 2. The quantitative estimate of drug-likeness (QED) is 0.464. The lowest BCUT2D eigenvalue weighted by Crippen LogP contribution is -2.46. The minimum absolute atomic E-state index is 0.232. The Labute approximate surface area is 167 Å². The van der Waals surface area contributed by atoms with Crippen molar-refractivity contribution in [3.63, 3.8) is 0 Å². The number of halogens is 1. The summed E-state index contributed by atoms with van der Waals surface area (Å²) in [6.45, 7) is 4.37. The summed E-state index contributed by atoms with van der Waals surface area (Å²) in [5, 5.41) is 2.47. The molecule has 154 valence electrons. The van der Waals surface area contributed by atoms with Gasteiger partial charge in [0, 0.05) is 5.69 Å². The van der Waals surface area contributed by atoms with E-state index in [1.165, 1.54) is 32.0 Å². The highest BCUT2D eigenvalue weighted by Crippen LogP contribution is 2.36. The third-order valence-electron chi connectivity index (χ3n) is 5.37. The third-order valence-corrected chi connectivity index (χ3v) is 5.37. The molecule has 2 aliphatic rings. The highest BCUT2D eigenvalue weighted by Gasteiger charge is 2.50. The van der Waals surface area contributed by atoms with Crippen LogP contribution < -0.4 is 5.32 Å². The van der Waals surface area contributed by atoms with E-state index in [0.717, 1.165) is 4.90 Å². The molecule has 0 aromatic heterocycles. The van der Waals surface area contributed by atoms with Crippen LogP contribution in [0.2, 0.25) is 0 Å². The van der Waals surface area contributed by atoms with Gasteiger partial charge in [0.1, 0.15) is 11.9 Å². The fraction of sp³-hybridized carbons (Fsp3) is 0.429. The Bertz CT molecular complexity index is 871. The highest BCUT2D eigenvalue weighted by molar-refractivity contribution is 6.08. The fourth-order valence-electron chi connectivity index (χ4n) is 3.55. The third kappa shape index (κ3) is 4.06. The number of carbonyl (C=O) groups is 4. The average Bonchev–Trinajstić information content (AvgIpc) is 2.95. The molecule has 1 N–H and O–H groups in total. The maximum absolute atomic E-state index is 13.6. The molecule has 4 atom stereocenters. The number of fused-ring (bicyclic) bond motifs is 1. The van der Waals surface area contributed by atoms with Gasteiger partial charge < -0.3 is 10.1 Å². The number of carbonyl (C=O) groups excluding carboxylic acids is 4. The first-order chi connectivity index (χ1) is 13.7. The van der Waals surface area contributed by atoms with Crippen molar-refractivity contribution in [2.75, 3.05) is 5.32 Å². The van der Waals surface area contributed by atoms with Crippen molar-refractivity contribution in [3.8, 4) is 0 Å². The number of hydrogen-bond donors (Lipinski definition) is 1. The summed E-state index contributed by atoms with van der Waals surface area (Å²) in [7, 11) is 0. The van der Waals surface area contributed by atoms with Crippen molar-refractivity contribution >= 4 is 29.4 Å². The summed E-state index contributed by atoms with van der Waals surface area (Å²) >= 11 is 0. The van der Waals surface area contributed by atoms with E-state index in [4.69, 9.17) is 4.74 Å². The second-order valence-corrected chi connectivity index (χ2v) is 7.41. The van der Waals surface area contributed by atoms with Crippen LogP contribution in [0.25, 0.3) is 0 Å². The average molecular weight is 402 g/mol. The minimum atomic E-state index is -1.19. The summed E-state index contributed by atoms with van der Waals surface area (Å²) in [4.78, 5) is 50.8. The van der Waals surface area contributed by atoms with Crippen LogP contribution in [-0.4, -0.2) is 40.7 Å². The number of hydrogen-bond acceptors (Lipinski definition) is 5. The summed E-state index contributed by atoms with van der Waals surface area (Å²) in [5.41, 5.74) is 0.669. The monoisotopic (exact) mass is 402 g/mol. The maximum atomic E-state index is 13.6. The molecule has 8 heteroatoms. The molecular formula is C21H23FN2O5. The normalized spacial score (nSPS) is 22.8. The van der Waals surface area contributed by atoms with Crippen LogP contribution >= 0.6 is 0 Å². The standard InChI is InChI=1S/C21H23FN2O5/c1-11-8-9-14(10-17(11)22)23-18(25)13(3)29-21(28)12(2)24-19(26)15-6-4-5-7-16(15)20(24)27/h4-5,8-10,12-13,15-16H,6-7H2,1-3H3,(H,23,25)/t12-,13-,15-,16-/m0/s1. The van der Waals surface area contributed by atoms with Gasteiger partial charge in [-0.05, 0) is 51.3 Å². The summed E-state index contributed by atoms with van der Waals surface area (Å²) < 4.78 is 18.8. The Hall–Kier alpha value is -3.03. The van der Waals surface area contributed by atoms with Gasteiger partial charge in [0.2, 0.25) is 11.8 Å². The zero-order chi connectivity index (χ0) is 21.3. The summed E-state index contributed by atoms with van der Waals surface area (Å²) in [6.07, 6.45) is 3.48. The van der Waals surface area contributed by atoms with Crippen molar-refractivity contribution in [2.45, 2.75) is 45.8 Å². The Kier molecular flexibility index (Phi) is 5.81. The number of benzene rings is 1. The maximum Gasteiger partial charge on any atom is 0.329 e. The van der Waals surface area contributed by atoms with Crippen LogP contribution in [-0.2, 0) is 23.9 Å². The smallest absolute Gasteiger partial charge is 0.329 e. The van der Waals surface area contributed by atoms with Gasteiger partial charge in [0.15, 0.2) is 6.10 Å². The van der Waals surface area contributed by atoms with E-state index in [2.05, 4.69) is 5.32 Å². The Balaban J connectivity index is 1.61. The van der Waals surface area contributed by atoms with Crippen molar-refractivity contribution in [1.29, 1.82) is 0 Å². The molecule has 29 heavy (non-hydrogen) atoms. The lowest BCUT2D eigenvalue weighted by atomic mass is 9.85. The molecule has 3 amide bonds. The molecule has 0 spiro atoms. The number of likely N-dealkylation sites (tertiary alicyclic amines) is 1. The molecule has 1 aliphatic heterocycles. The van der Waals surface area contributed by atoms with Crippen molar-refractivity contribution in [2.24, 2.45) is 11.8 Å². The van der Waals surface area contributed by atoms with Crippen molar-refractivity contribution < 1.29 is 28.3 Å². The van der Waals surface area contributed by atoms with Gasteiger partial charge in [-0.3, -0.25) is 19.3 Å². The molecule has 0 bridgehead atoms. The van der Waals surface area contributed by atoms with Crippen molar-refractivity contribution in [3.05, 3.63) is 41.7 Å². The van der Waals surface area contributed by atoms with Gasteiger partial charge in [-0.2, -0.15) is 0 Å². The van der Waals surface area contributed by atoms with E-state index in [9.17, 15) is 23.6 Å². The zero-order valence-electron chi connectivity index (χ0n) is 16.5. The van der Waals surface area contributed by atoms with E-state index in [1.54, 1.807) is 6.92 Å². The second-order valence-electron chi connectivity index (χ2n) is 7.41. The predicted molar refractivity (Wildman–Crippen MR) is 102 cm³/mol. The lowest BCUT2D eigenvalue weighted by molar-refractivity contribution is -0.163. The number of anilines is 1. The Morgan fingerprint density at radius 1 is 1.14 bits per heavy atom. The van der Waals surface area contributed by atoms with Gasteiger partial charge in [-0.15, -0.1) is 0 Å². The van der Waals surface area contributed by atoms with E-state index >= 15 is 0 Å². The fourth-order valence-corrected chi connectivity index (χ4v) is 3.55. The van der Waals surface area contributed by atoms with Crippen LogP contribution in [0.15, 0.2) is 30.4 Å². The van der Waals surface area contributed by atoms with Gasteiger partial charge in [0.25, 0.3) is 5.91 Å². The molecule has 1 fully saturated rings. The van der Waals surface area contributed by atoms with Gasteiger partial charge in [-0.1, -0.05) is 18.2 Å². The van der Waals surface area contributed by atoms with Crippen LogP contribution in [0, 0.1) is 24.6 Å². The van der Waals surface area contributed by atoms with E-state index in [-0.39, 0.29) is 17.5 Å². The molecule has 3 rings (SSSR count). The molecule has 1 saturated heterocycles. The summed E-state index contributed by atoms with van der Waals surface area (Å²) in [6, 6.07) is 3.09. The Morgan fingerprint density at radius 3 is 2.28 bits per heavy atom. The molecule has 7 nitrogen and oxygen atoms in total. The summed E-state index contributed by atoms with van der Waals surface area (Å²) in [5.74, 6) is -3.63. The number of rotatable bonds is 5. The molecule has 0 saturated carbocycles. The largest absolute Gasteiger partial charge is 0.451 e. The van der Waals surface area contributed by atoms with Gasteiger partial charge >= 0.3 is 5.97 Å². The molecule has 1 aromatic carbocycles. The van der Waals surface area contributed by atoms with Crippen LogP contribution in [0.4, 0.5) is 10.1 Å². The molecular weight excluding hydrogens is 379 g/mol. The number of nitrogens with one attached hydrogen (secondary N) is 1. The lowest BCUT2D eigenvalue weighted by Gasteiger charge is -2.23. The molecule has 0 unspecified atom stereocenters. The first-order valence-corrected chi connectivity index (χ1v) is 9.50. The SMILES string of the molecule is Cc1ccc(NC(=O)[C@H](C)OC(=O)[C@H](C)N2C(=O)[C@H]3CC=CC[C@@H]3C2=O)cc1F. The predicted octanol–water partition coefficient (Wildman–Crippen LogP) is 2.34. The van der Waals surface area contributed by atoms with E-state index < -0.39 is 41.7 Å². The number of nitrogens with zero attached hydrogens (tertiary/aromatic N) is 1. The second kappa shape index (κ2) is 8.14. The van der Waals surface area contributed by atoms with Crippen LogP contribution in [0.5, 0.6) is 0 Å². The van der Waals surface area contributed by atoms with Gasteiger partial charge in [0.05, 0.1) is 11.8 Å². The number of imide groups is 1. The van der Waals surface area contributed by atoms with E-state index in [1.807, 2.05) is 12.2 Å². The molecule has 0 radical (unpaired) electrons. The number of ether oxygens (including phenoxy) is 1. The Morgan fingerprint density at radius 2 is 1.72 bits per heavy atom. The van der Waals surface area contributed by atoms with E-state index in [0.29, 0.717) is 18.4 Å². The first kappa shape index (κ1) is 20.7. The van der Waals surface area contributed by atoms with Crippen molar-refractivity contribution in [1.82, 2.24) is 4.90 Å². The zero-order valence-corrected chi connectivity index (χ0v) is 16.5. The molecule has 1 aromatic rings.